The van der Waals surface area contributed by atoms with E-state index in [4.69, 9.17) is 10.8 Å². The standard InChI is InChI=1S/C18H21N3O3/c1-12-5-7-13(8-6-12)10-20-17(16(11-22)21-18(23)24)14-3-2-4-15(19)9-14/h2-9,11,16-17,20-21H,10,19H2,1H3,(H,23,24). The Morgan fingerprint density at radius 3 is 2.54 bits per heavy atom. The van der Waals surface area contributed by atoms with Crippen LogP contribution in [-0.2, 0) is 11.3 Å². The average Bonchev–Trinajstić information content (AvgIpc) is 2.55. The molecule has 2 rings (SSSR count). The molecule has 24 heavy (non-hydrogen) atoms. The first-order valence-corrected chi connectivity index (χ1v) is 7.58. The van der Waals surface area contributed by atoms with Crippen molar-refractivity contribution in [1.82, 2.24) is 10.6 Å². The number of anilines is 1. The molecule has 0 heterocycles. The molecule has 0 radical (unpaired) electrons. The van der Waals surface area contributed by atoms with Crippen molar-refractivity contribution < 1.29 is 14.7 Å². The van der Waals surface area contributed by atoms with E-state index in [1.807, 2.05) is 37.3 Å². The normalized spacial score (nSPS) is 13.0. The summed E-state index contributed by atoms with van der Waals surface area (Å²) in [6.07, 6.45) is -0.664. The highest BCUT2D eigenvalue weighted by Gasteiger charge is 2.24. The lowest BCUT2D eigenvalue weighted by Crippen LogP contribution is -2.45. The van der Waals surface area contributed by atoms with E-state index < -0.39 is 18.2 Å². The van der Waals surface area contributed by atoms with E-state index in [1.165, 1.54) is 0 Å². The fraction of sp³-hybridized carbons (Fsp3) is 0.222. The van der Waals surface area contributed by atoms with Crippen molar-refractivity contribution in [2.45, 2.75) is 25.6 Å². The predicted molar refractivity (Wildman–Crippen MR) is 92.6 cm³/mol. The van der Waals surface area contributed by atoms with Crippen LogP contribution in [-0.4, -0.2) is 23.5 Å². The van der Waals surface area contributed by atoms with E-state index in [0.29, 0.717) is 18.5 Å². The summed E-state index contributed by atoms with van der Waals surface area (Å²) in [5.41, 5.74) is 9.30. The molecule has 0 aliphatic carbocycles. The fourth-order valence-corrected chi connectivity index (χ4v) is 2.48. The van der Waals surface area contributed by atoms with Crippen LogP contribution in [0.1, 0.15) is 22.7 Å². The number of carbonyl (C=O) groups is 2. The van der Waals surface area contributed by atoms with Crippen molar-refractivity contribution in [2.24, 2.45) is 0 Å². The first-order chi connectivity index (χ1) is 11.5. The summed E-state index contributed by atoms with van der Waals surface area (Å²) < 4.78 is 0. The molecule has 6 nitrogen and oxygen atoms in total. The number of hydrogen-bond donors (Lipinski definition) is 4. The van der Waals surface area contributed by atoms with Crippen LogP contribution in [0.5, 0.6) is 0 Å². The zero-order chi connectivity index (χ0) is 17.5. The van der Waals surface area contributed by atoms with E-state index in [9.17, 15) is 9.59 Å². The van der Waals surface area contributed by atoms with Gasteiger partial charge in [0.1, 0.15) is 12.3 Å². The lowest BCUT2D eigenvalue weighted by molar-refractivity contribution is -0.110. The van der Waals surface area contributed by atoms with E-state index >= 15 is 0 Å². The molecule has 0 fully saturated rings. The van der Waals surface area contributed by atoms with Crippen molar-refractivity contribution in [3.05, 3.63) is 65.2 Å². The number of nitrogens with two attached hydrogens (primary N) is 1. The molecular formula is C18H21N3O3. The van der Waals surface area contributed by atoms with Crippen LogP contribution in [0.25, 0.3) is 0 Å². The smallest absolute Gasteiger partial charge is 0.405 e. The van der Waals surface area contributed by atoms with Gasteiger partial charge < -0.3 is 26.3 Å². The largest absolute Gasteiger partial charge is 0.465 e. The molecule has 0 aromatic heterocycles. The minimum absolute atomic E-state index is 0.491. The molecule has 0 aliphatic heterocycles. The molecule has 5 N–H and O–H groups in total. The highest BCUT2D eigenvalue weighted by Crippen LogP contribution is 2.20. The first-order valence-electron chi connectivity index (χ1n) is 7.58. The Bertz CT molecular complexity index is 701. The second-order valence-corrected chi connectivity index (χ2v) is 5.63. The van der Waals surface area contributed by atoms with Gasteiger partial charge in [-0.2, -0.15) is 0 Å². The molecule has 6 heteroatoms. The number of amides is 1. The minimum Gasteiger partial charge on any atom is -0.465 e. The van der Waals surface area contributed by atoms with Crippen LogP contribution in [0.4, 0.5) is 10.5 Å². The minimum atomic E-state index is -1.25. The second kappa shape index (κ2) is 8.12. The molecule has 2 aromatic carbocycles. The van der Waals surface area contributed by atoms with Crippen LogP contribution >= 0.6 is 0 Å². The van der Waals surface area contributed by atoms with E-state index in [0.717, 1.165) is 16.7 Å². The lowest BCUT2D eigenvalue weighted by atomic mass is 9.99. The van der Waals surface area contributed by atoms with Gasteiger partial charge in [0.15, 0.2) is 0 Å². The highest BCUT2D eigenvalue weighted by atomic mass is 16.4. The summed E-state index contributed by atoms with van der Waals surface area (Å²) in [5, 5.41) is 14.4. The number of aryl methyl sites for hydroxylation is 1. The van der Waals surface area contributed by atoms with Gasteiger partial charge in [-0.3, -0.25) is 0 Å². The Balaban J connectivity index is 2.22. The summed E-state index contributed by atoms with van der Waals surface area (Å²) in [7, 11) is 0. The maximum atomic E-state index is 11.4. The summed E-state index contributed by atoms with van der Waals surface area (Å²) in [6, 6.07) is 13.6. The van der Waals surface area contributed by atoms with Crippen molar-refractivity contribution in [2.75, 3.05) is 5.73 Å². The Morgan fingerprint density at radius 1 is 1.25 bits per heavy atom. The summed E-state index contributed by atoms with van der Waals surface area (Å²) >= 11 is 0. The predicted octanol–water partition coefficient (Wildman–Crippen LogP) is 2.24. The zero-order valence-electron chi connectivity index (χ0n) is 13.4. The number of nitrogens with one attached hydrogen (secondary N) is 2. The third-order valence-electron chi connectivity index (χ3n) is 3.71. The zero-order valence-corrected chi connectivity index (χ0v) is 13.4. The Morgan fingerprint density at radius 2 is 1.96 bits per heavy atom. The van der Waals surface area contributed by atoms with Gasteiger partial charge in [-0.1, -0.05) is 42.0 Å². The van der Waals surface area contributed by atoms with Crippen molar-refractivity contribution >= 4 is 18.1 Å². The number of benzene rings is 2. The molecule has 2 unspecified atom stereocenters. The lowest BCUT2D eigenvalue weighted by Gasteiger charge is -2.25. The molecular weight excluding hydrogens is 306 g/mol. The monoisotopic (exact) mass is 327 g/mol. The molecule has 0 saturated carbocycles. The Hall–Kier alpha value is -2.86. The van der Waals surface area contributed by atoms with Crippen LogP contribution in [0.2, 0.25) is 0 Å². The van der Waals surface area contributed by atoms with Crippen LogP contribution < -0.4 is 16.4 Å². The van der Waals surface area contributed by atoms with Gasteiger partial charge >= 0.3 is 6.09 Å². The average molecular weight is 327 g/mol. The van der Waals surface area contributed by atoms with Gasteiger partial charge in [-0.05, 0) is 30.2 Å². The molecule has 2 aromatic rings. The van der Waals surface area contributed by atoms with Gasteiger partial charge in [0, 0.05) is 12.2 Å². The highest BCUT2D eigenvalue weighted by molar-refractivity contribution is 5.72. The quantitative estimate of drug-likeness (QED) is 0.461. The van der Waals surface area contributed by atoms with Gasteiger partial charge in [-0.25, -0.2) is 4.79 Å². The SMILES string of the molecule is Cc1ccc(CNC(c2cccc(N)c2)C(C=O)NC(=O)O)cc1. The summed E-state index contributed by atoms with van der Waals surface area (Å²) in [6.45, 7) is 2.50. The van der Waals surface area contributed by atoms with E-state index in [1.54, 1.807) is 18.2 Å². The molecule has 2 atom stereocenters. The Labute approximate surface area is 140 Å². The number of rotatable bonds is 7. The number of nitrogen functional groups attached to an aromatic ring is 1. The van der Waals surface area contributed by atoms with Gasteiger partial charge in [-0.15, -0.1) is 0 Å². The molecule has 1 amide bonds. The van der Waals surface area contributed by atoms with Crippen molar-refractivity contribution in [3.8, 4) is 0 Å². The molecule has 0 spiro atoms. The number of hydrogen-bond acceptors (Lipinski definition) is 4. The first kappa shape index (κ1) is 17.5. The Kier molecular flexibility index (Phi) is 5.92. The fourth-order valence-electron chi connectivity index (χ4n) is 2.48. The molecule has 0 bridgehead atoms. The summed E-state index contributed by atoms with van der Waals surface area (Å²) in [5.74, 6) is 0. The van der Waals surface area contributed by atoms with Crippen LogP contribution in [0.15, 0.2) is 48.5 Å². The maximum Gasteiger partial charge on any atom is 0.405 e. The third-order valence-corrected chi connectivity index (χ3v) is 3.71. The van der Waals surface area contributed by atoms with Gasteiger partial charge in [0.05, 0.1) is 6.04 Å². The molecule has 0 saturated heterocycles. The molecule has 0 aliphatic rings. The number of carboxylic acid groups (broad SMARTS) is 1. The van der Waals surface area contributed by atoms with E-state index in [2.05, 4.69) is 10.6 Å². The third kappa shape index (κ3) is 4.82. The summed E-state index contributed by atoms with van der Waals surface area (Å²) in [4.78, 5) is 22.4. The second-order valence-electron chi connectivity index (χ2n) is 5.63. The van der Waals surface area contributed by atoms with Crippen LogP contribution in [0.3, 0.4) is 0 Å². The maximum absolute atomic E-state index is 11.4. The van der Waals surface area contributed by atoms with Gasteiger partial charge in [0.25, 0.3) is 0 Å². The van der Waals surface area contributed by atoms with E-state index in [-0.39, 0.29) is 0 Å². The van der Waals surface area contributed by atoms with Crippen LogP contribution in [0, 0.1) is 6.92 Å². The molecule has 126 valence electrons. The van der Waals surface area contributed by atoms with Gasteiger partial charge in [0.2, 0.25) is 0 Å². The van der Waals surface area contributed by atoms with Crippen molar-refractivity contribution in [3.63, 3.8) is 0 Å². The van der Waals surface area contributed by atoms with Crippen molar-refractivity contribution in [1.29, 1.82) is 0 Å². The topological polar surface area (TPSA) is 104 Å². The number of carbonyl (C=O) groups excluding carboxylic acids is 1. The number of aldehydes is 1.